The van der Waals surface area contributed by atoms with Crippen LogP contribution in [0.1, 0.15) is 97.3 Å². The lowest BCUT2D eigenvalue weighted by Gasteiger charge is -2.17. The summed E-state index contributed by atoms with van der Waals surface area (Å²) in [5, 5.41) is 2.89. The molecule has 6 heteroatoms. The maximum atomic E-state index is 13.1. The molecular weight excluding hydrogens is 462 g/mol. The minimum absolute atomic E-state index is 0.00550. The highest BCUT2D eigenvalue weighted by Crippen LogP contribution is 2.21. The molecule has 0 saturated carbocycles. The van der Waals surface area contributed by atoms with E-state index in [2.05, 4.69) is 42.8 Å². The molecule has 37 heavy (non-hydrogen) atoms. The Morgan fingerprint density at radius 3 is 1.51 bits per heavy atom. The molecule has 0 aliphatic carbocycles. The molecule has 1 N–H and O–H groups in total. The van der Waals surface area contributed by atoms with Crippen molar-refractivity contribution in [1.82, 2.24) is 9.80 Å². The van der Waals surface area contributed by atoms with Gasteiger partial charge in [0.25, 0.3) is 5.91 Å². The third-order valence-electron chi connectivity index (χ3n) is 6.92. The molecule has 0 spiro atoms. The second-order valence-electron chi connectivity index (χ2n) is 9.43. The van der Waals surface area contributed by atoms with Crippen LogP contribution in [0.15, 0.2) is 48.5 Å². The number of hydrogen-bond donors (Lipinski definition) is 1. The molecular formula is C31H45N3O3. The van der Waals surface area contributed by atoms with E-state index in [0.717, 1.165) is 65.0 Å². The number of carbonyl (C=O) groups excluding carboxylic acids is 3. The van der Waals surface area contributed by atoms with Crippen LogP contribution in [0.2, 0.25) is 0 Å². The Bertz CT molecular complexity index is 932. The van der Waals surface area contributed by atoms with Gasteiger partial charge in [-0.25, -0.2) is 0 Å². The van der Waals surface area contributed by atoms with Crippen LogP contribution in [0.3, 0.4) is 0 Å². The van der Waals surface area contributed by atoms with E-state index in [1.54, 1.807) is 42.5 Å². The summed E-state index contributed by atoms with van der Waals surface area (Å²) in [6.07, 6.45) is 4.35. The Balaban J connectivity index is 2.11. The summed E-state index contributed by atoms with van der Waals surface area (Å²) in [5.41, 5.74) is 1.98. The van der Waals surface area contributed by atoms with Crippen molar-refractivity contribution >= 4 is 23.2 Å². The molecule has 0 aromatic heterocycles. The fourth-order valence-electron chi connectivity index (χ4n) is 4.42. The minimum atomic E-state index is -0.262. The van der Waals surface area contributed by atoms with Gasteiger partial charge in [-0.1, -0.05) is 45.9 Å². The number of ketones is 2. The third-order valence-corrected chi connectivity index (χ3v) is 6.92. The maximum Gasteiger partial charge on any atom is 0.255 e. The zero-order chi connectivity index (χ0) is 27.0. The normalized spacial score (nSPS) is 11.2. The smallest absolute Gasteiger partial charge is 0.255 e. The average Bonchev–Trinajstić information content (AvgIpc) is 2.93. The summed E-state index contributed by atoms with van der Waals surface area (Å²) in [5.74, 6) is -0.251. The molecule has 0 saturated heterocycles. The first-order valence-corrected chi connectivity index (χ1v) is 13.9. The fraction of sp³-hybridized carbons (Fsp3) is 0.516. The highest BCUT2D eigenvalue weighted by molar-refractivity contribution is 6.07. The Kier molecular flexibility index (Phi) is 13.8. The number of benzene rings is 2. The van der Waals surface area contributed by atoms with E-state index in [1.165, 1.54) is 0 Å². The number of nitrogens with one attached hydrogen (secondary N) is 1. The van der Waals surface area contributed by atoms with Crippen molar-refractivity contribution in [2.75, 3.05) is 44.6 Å². The molecule has 0 aliphatic rings. The van der Waals surface area contributed by atoms with Crippen molar-refractivity contribution in [2.45, 2.75) is 66.2 Å². The number of hydrogen-bond acceptors (Lipinski definition) is 5. The van der Waals surface area contributed by atoms with Crippen LogP contribution in [0, 0.1) is 0 Å². The second kappa shape index (κ2) is 16.8. The summed E-state index contributed by atoms with van der Waals surface area (Å²) < 4.78 is 0. The Morgan fingerprint density at radius 2 is 1.08 bits per heavy atom. The molecule has 0 fully saturated rings. The summed E-state index contributed by atoms with van der Waals surface area (Å²) in [6.45, 7) is 14.6. The quantitative estimate of drug-likeness (QED) is 0.189. The van der Waals surface area contributed by atoms with Gasteiger partial charge in [0, 0.05) is 35.2 Å². The Morgan fingerprint density at radius 1 is 0.622 bits per heavy atom. The topological polar surface area (TPSA) is 69.7 Å². The van der Waals surface area contributed by atoms with Crippen LogP contribution in [-0.4, -0.2) is 66.5 Å². The van der Waals surface area contributed by atoms with Crippen molar-refractivity contribution in [3.8, 4) is 0 Å². The van der Waals surface area contributed by atoms with E-state index in [4.69, 9.17) is 0 Å². The van der Waals surface area contributed by atoms with Crippen LogP contribution >= 0.6 is 0 Å². The largest absolute Gasteiger partial charge is 0.322 e. The molecule has 1 amide bonds. The standard InChI is InChI=1S/C31H45N3O3/c1-5-33(6-2)20-14-12-18-29(35)26-22-27(30(36)19-13-15-21-34(7-3)8-4)24-28(23-26)32-31(37)25-16-10-9-11-17-25/h9-11,16-17,22-24H,5-8,12-15,18-21H2,1-4H3,(H,32,37). The van der Waals surface area contributed by atoms with Gasteiger partial charge in [-0.3, -0.25) is 14.4 Å². The lowest BCUT2D eigenvalue weighted by Crippen LogP contribution is -2.24. The van der Waals surface area contributed by atoms with Crippen LogP contribution in [0.5, 0.6) is 0 Å². The highest BCUT2D eigenvalue weighted by Gasteiger charge is 2.15. The van der Waals surface area contributed by atoms with Gasteiger partial charge in [0.2, 0.25) is 0 Å². The number of unbranched alkanes of at least 4 members (excludes halogenated alkanes) is 2. The van der Waals surface area contributed by atoms with Crippen LogP contribution in [-0.2, 0) is 0 Å². The SMILES string of the molecule is CCN(CC)CCCCC(=O)c1cc(NC(=O)c2ccccc2)cc(C(=O)CCCCN(CC)CC)c1. The van der Waals surface area contributed by atoms with Crippen molar-refractivity contribution in [3.63, 3.8) is 0 Å². The van der Waals surface area contributed by atoms with E-state index in [-0.39, 0.29) is 17.5 Å². The van der Waals surface area contributed by atoms with E-state index in [1.807, 2.05) is 6.07 Å². The number of carbonyl (C=O) groups is 3. The van der Waals surface area contributed by atoms with Gasteiger partial charge in [0.1, 0.15) is 0 Å². The molecule has 2 aromatic carbocycles. The Labute approximate surface area is 223 Å². The minimum Gasteiger partial charge on any atom is -0.322 e. The van der Waals surface area contributed by atoms with Crippen molar-refractivity contribution < 1.29 is 14.4 Å². The van der Waals surface area contributed by atoms with Gasteiger partial charge >= 0.3 is 0 Å². The van der Waals surface area contributed by atoms with E-state index in [0.29, 0.717) is 35.2 Å². The molecule has 0 radical (unpaired) electrons. The van der Waals surface area contributed by atoms with Gasteiger partial charge in [-0.2, -0.15) is 0 Å². The monoisotopic (exact) mass is 507 g/mol. The first kappa shape index (κ1) is 30.4. The number of amides is 1. The molecule has 6 nitrogen and oxygen atoms in total. The van der Waals surface area contributed by atoms with Crippen LogP contribution in [0.4, 0.5) is 5.69 Å². The van der Waals surface area contributed by atoms with E-state index < -0.39 is 0 Å². The van der Waals surface area contributed by atoms with Gasteiger partial charge in [-0.15, -0.1) is 0 Å². The summed E-state index contributed by atoms with van der Waals surface area (Å²) >= 11 is 0. The molecule has 0 aliphatic heterocycles. The predicted octanol–water partition coefficient (Wildman–Crippen LogP) is 6.33. The predicted molar refractivity (Wildman–Crippen MR) is 153 cm³/mol. The van der Waals surface area contributed by atoms with Crippen LogP contribution in [0.25, 0.3) is 0 Å². The van der Waals surface area contributed by atoms with Crippen molar-refractivity contribution in [1.29, 1.82) is 0 Å². The molecule has 0 unspecified atom stereocenters. The highest BCUT2D eigenvalue weighted by atomic mass is 16.2. The Hall–Kier alpha value is -2.83. The lowest BCUT2D eigenvalue weighted by atomic mass is 9.98. The molecule has 202 valence electrons. The van der Waals surface area contributed by atoms with Gasteiger partial charge in [-0.05, 0) is 95.3 Å². The van der Waals surface area contributed by atoms with Gasteiger partial charge < -0.3 is 15.1 Å². The maximum absolute atomic E-state index is 13.1. The number of nitrogens with zero attached hydrogens (tertiary/aromatic N) is 2. The first-order valence-electron chi connectivity index (χ1n) is 13.9. The average molecular weight is 508 g/mol. The van der Waals surface area contributed by atoms with E-state index >= 15 is 0 Å². The zero-order valence-corrected chi connectivity index (χ0v) is 23.2. The first-order chi connectivity index (χ1) is 17.9. The van der Waals surface area contributed by atoms with Gasteiger partial charge in [0.05, 0.1) is 0 Å². The zero-order valence-electron chi connectivity index (χ0n) is 23.2. The number of anilines is 1. The molecule has 0 bridgehead atoms. The molecule has 2 rings (SSSR count). The fourth-order valence-corrected chi connectivity index (χ4v) is 4.42. The summed E-state index contributed by atoms with van der Waals surface area (Å²) in [4.78, 5) is 43.6. The number of rotatable bonds is 18. The summed E-state index contributed by atoms with van der Waals surface area (Å²) in [6, 6.07) is 14.0. The molecule has 0 atom stereocenters. The van der Waals surface area contributed by atoms with Gasteiger partial charge in [0.15, 0.2) is 11.6 Å². The third kappa shape index (κ3) is 10.6. The lowest BCUT2D eigenvalue weighted by molar-refractivity contribution is 0.0974. The second-order valence-corrected chi connectivity index (χ2v) is 9.43. The summed E-state index contributed by atoms with van der Waals surface area (Å²) in [7, 11) is 0. The molecule has 0 heterocycles. The number of Topliss-reactive ketones (excluding diaryl/α,β-unsaturated/α-hetero) is 2. The van der Waals surface area contributed by atoms with Crippen LogP contribution < -0.4 is 5.32 Å². The van der Waals surface area contributed by atoms with Crippen molar-refractivity contribution in [3.05, 3.63) is 65.2 Å². The van der Waals surface area contributed by atoms with E-state index in [9.17, 15) is 14.4 Å². The van der Waals surface area contributed by atoms with Crippen molar-refractivity contribution in [2.24, 2.45) is 0 Å². The molecule has 2 aromatic rings.